The number of nitrogens with zero attached hydrogens (tertiary/aromatic N) is 2. The van der Waals surface area contributed by atoms with Crippen molar-refractivity contribution < 1.29 is 9.59 Å². The smallest absolute Gasteiger partial charge is 0.224 e. The molecule has 1 atom stereocenters. The van der Waals surface area contributed by atoms with Crippen molar-refractivity contribution >= 4 is 11.8 Å². The number of likely N-dealkylation sites (tertiary alicyclic amines) is 1. The predicted octanol–water partition coefficient (Wildman–Crippen LogP) is 1.78. The summed E-state index contributed by atoms with van der Waals surface area (Å²) in [4.78, 5) is 29.9. The molecular formula is C17H25N3O2. The van der Waals surface area contributed by atoms with Gasteiger partial charge in [-0.05, 0) is 23.5 Å². The van der Waals surface area contributed by atoms with E-state index in [0.717, 1.165) is 12.1 Å². The molecule has 5 nitrogen and oxygen atoms in total. The number of pyridine rings is 1. The van der Waals surface area contributed by atoms with Crippen LogP contribution in [0.1, 0.15) is 39.2 Å². The van der Waals surface area contributed by atoms with Crippen LogP contribution in [0.3, 0.4) is 0 Å². The summed E-state index contributed by atoms with van der Waals surface area (Å²) < 4.78 is 0. The monoisotopic (exact) mass is 303 g/mol. The molecular weight excluding hydrogens is 278 g/mol. The molecule has 0 saturated carbocycles. The highest BCUT2D eigenvalue weighted by Gasteiger charge is 2.32. The van der Waals surface area contributed by atoms with Gasteiger partial charge >= 0.3 is 0 Å². The van der Waals surface area contributed by atoms with Crippen LogP contribution in [0, 0.1) is 5.41 Å². The molecule has 1 aliphatic rings. The highest BCUT2D eigenvalue weighted by atomic mass is 16.2. The van der Waals surface area contributed by atoms with Crippen LogP contribution in [-0.4, -0.2) is 40.8 Å². The van der Waals surface area contributed by atoms with Crippen molar-refractivity contribution in [1.29, 1.82) is 0 Å². The molecule has 1 unspecified atom stereocenters. The zero-order chi connectivity index (χ0) is 16.2. The summed E-state index contributed by atoms with van der Waals surface area (Å²) in [5.74, 6) is 0.131. The predicted molar refractivity (Wildman–Crippen MR) is 85.1 cm³/mol. The van der Waals surface area contributed by atoms with Crippen molar-refractivity contribution in [1.82, 2.24) is 15.2 Å². The molecule has 0 spiro atoms. The zero-order valence-electron chi connectivity index (χ0n) is 13.6. The van der Waals surface area contributed by atoms with Crippen LogP contribution in [0.25, 0.3) is 0 Å². The zero-order valence-corrected chi connectivity index (χ0v) is 13.6. The van der Waals surface area contributed by atoms with E-state index in [1.54, 1.807) is 12.4 Å². The lowest BCUT2D eigenvalue weighted by Gasteiger charge is -2.26. The molecule has 1 aromatic rings. The fourth-order valence-electron chi connectivity index (χ4n) is 2.70. The lowest BCUT2D eigenvalue weighted by molar-refractivity contribution is -0.128. The highest BCUT2D eigenvalue weighted by molar-refractivity contribution is 5.82. The molecule has 0 radical (unpaired) electrons. The summed E-state index contributed by atoms with van der Waals surface area (Å²) in [7, 11) is 0. The second-order valence-corrected chi connectivity index (χ2v) is 7.16. The van der Waals surface area contributed by atoms with Crippen molar-refractivity contribution in [3.63, 3.8) is 0 Å². The Morgan fingerprint density at radius 1 is 1.45 bits per heavy atom. The van der Waals surface area contributed by atoms with Gasteiger partial charge in [0.2, 0.25) is 11.8 Å². The van der Waals surface area contributed by atoms with E-state index in [1.807, 2.05) is 17.0 Å². The molecule has 2 heterocycles. The first-order valence-electron chi connectivity index (χ1n) is 7.79. The Kier molecular flexibility index (Phi) is 5.16. The molecule has 5 heteroatoms. The van der Waals surface area contributed by atoms with E-state index in [0.29, 0.717) is 25.8 Å². The number of rotatable bonds is 5. The first kappa shape index (κ1) is 16.5. The molecule has 1 aromatic heterocycles. The Balaban J connectivity index is 1.77. The third kappa shape index (κ3) is 5.13. The van der Waals surface area contributed by atoms with E-state index >= 15 is 0 Å². The van der Waals surface area contributed by atoms with Gasteiger partial charge in [-0.15, -0.1) is 0 Å². The van der Waals surface area contributed by atoms with Crippen molar-refractivity contribution in [2.45, 2.75) is 46.1 Å². The molecule has 0 aromatic carbocycles. The van der Waals surface area contributed by atoms with Gasteiger partial charge in [-0.25, -0.2) is 0 Å². The summed E-state index contributed by atoms with van der Waals surface area (Å²) >= 11 is 0. The van der Waals surface area contributed by atoms with E-state index < -0.39 is 0 Å². The molecule has 1 saturated heterocycles. The van der Waals surface area contributed by atoms with Crippen LogP contribution in [-0.2, 0) is 16.0 Å². The van der Waals surface area contributed by atoms with Crippen molar-refractivity contribution in [2.24, 2.45) is 5.41 Å². The fourth-order valence-corrected chi connectivity index (χ4v) is 2.70. The van der Waals surface area contributed by atoms with Crippen LogP contribution in [0.4, 0.5) is 0 Å². The molecule has 2 rings (SSSR count). The maximum absolute atomic E-state index is 12.0. The minimum absolute atomic E-state index is 0.000684. The highest BCUT2D eigenvalue weighted by Crippen LogP contribution is 2.20. The Bertz CT molecular complexity index is 522. The average Bonchev–Trinajstić information content (AvgIpc) is 2.75. The maximum atomic E-state index is 12.0. The third-order valence-electron chi connectivity index (χ3n) is 3.61. The van der Waals surface area contributed by atoms with Gasteiger partial charge in [0.15, 0.2) is 0 Å². The maximum Gasteiger partial charge on any atom is 0.224 e. The summed E-state index contributed by atoms with van der Waals surface area (Å²) in [5.41, 5.74) is 1.13. The van der Waals surface area contributed by atoms with Gasteiger partial charge in [0.25, 0.3) is 0 Å². The quantitative estimate of drug-likeness (QED) is 0.902. The van der Waals surface area contributed by atoms with Gasteiger partial charge in [-0.3, -0.25) is 14.6 Å². The van der Waals surface area contributed by atoms with Crippen LogP contribution < -0.4 is 5.32 Å². The van der Waals surface area contributed by atoms with Gasteiger partial charge in [-0.2, -0.15) is 0 Å². The first-order valence-corrected chi connectivity index (χ1v) is 7.79. The van der Waals surface area contributed by atoms with Gasteiger partial charge in [-0.1, -0.05) is 26.8 Å². The largest absolute Gasteiger partial charge is 0.351 e. The van der Waals surface area contributed by atoms with Gasteiger partial charge in [0.1, 0.15) is 0 Å². The van der Waals surface area contributed by atoms with E-state index in [1.165, 1.54) is 0 Å². The van der Waals surface area contributed by atoms with Crippen molar-refractivity contribution in [2.75, 3.05) is 13.1 Å². The molecule has 1 aliphatic heterocycles. The number of aryl methyl sites for hydroxylation is 1. The Morgan fingerprint density at radius 2 is 2.23 bits per heavy atom. The molecule has 1 N–H and O–H groups in total. The number of amides is 2. The third-order valence-corrected chi connectivity index (χ3v) is 3.61. The molecule has 120 valence electrons. The number of aromatic nitrogens is 1. The summed E-state index contributed by atoms with van der Waals surface area (Å²) in [6, 6.07) is 3.77. The number of carbonyl (C=O) groups is 2. The van der Waals surface area contributed by atoms with Gasteiger partial charge < -0.3 is 10.2 Å². The van der Waals surface area contributed by atoms with E-state index in [9.17, 15) is 9.59 Å². The lowest BCUT2D eigenvalue weighted by atomic mass is 9.96. The Labute approximate surface area is 132 Å². The number of carbonyl (C=O) groups excluding carboxylic acids is 2. The molecule has 0 aliphatic carbocycles. The summed E-state index contributed by atoms with van der Waals surface area (Å²) in [6.07, 6.45) is 5.01. The van der Waals surface area contributed by atoms with Crippen LogP contribution in [0.5, 0.6) is 0 Å². The molecule has 2 amide bonds. The van der Waals surface area contributed by atoms with Gasteiger partial charge in [0.05, 0.1) is 6.04 Å². The topological polar surface area (TPSA) is 62.3 Å². The summed E-state index contributed by atoms with van der Waals surface area (Å²) in [6.45, 7) is 7.68. The second-order valence-electron chi connectivity index (χ2n) is 7.16. The molecule has 0 bridgehead atoms. The fraction of sp³-hybridized carbons (Fsp3) is 0.588. The Hall–Kier alpha value is -1.91. The minimum Gasteiger partial charge on any atom is -0.351 e. The average molecular weight is 303 g/mol. The Morgan fingerprint density at radius 3 is 2.86 bits per heavy atom. The minimum atomic E-state index is -0.0590. The van der Waals surface area contributed by atoms with Crippen LogP contribution in [0.15, 0.2) is 24.5 Å². The second kappa shape index (κ2) is 6.90. The standard InChI is InChI=1S/C17H25N3O2/c1-17(2,3)12-20-11-14(9-16(20)22)19-15(21)7-6-13-5-4-8-18-10-13/h4-5,8,10,14H,6-7,9,11-12H2,1-3H3,(H,19,21). The van der Waals surface area contributed by atoms with Gasteiger partial charge in [0, 0.05) is 38.3 Å². The SMILES string of the molecule is CC(C)(C)CN1CC(NC(=O)CCc2cccnc2)CC1=O. The molecule has 1 fully saturated rings. The van der Waals surface area contributed by atoms with E-state index in [4.69, 9.17) is 0 Å². The molecule has 22 heavy (non-hydrogen) atoms. The van der Waals surface area contributed by atoms with Crippen molar-refractivity contribution in [3.05, 3.63) is 30.1 Å². The normalized spacial score (nSPS) is 18.6. The van der Waals surface area contributed by atoms with Crippen LogP contribution >= 0.6 is 0 Å². The van der Waals surface area contributed by atoms with E-state index in [-0.39, 0.29) is 23.3 Å². The first-order chi connectivity index (χ1) is 10.3. The number of nitrogens with one attached hydrogen (secondary N) is 1. The van der Waals surface area contributed by atoms with Crippen molar-refractivity contribution in [3.8, 4) is 0 Å². The number of hydrogen-bond donors (Lipinski definition) is 1. The van der Waals surface area contributed by atoms with E-state index in [2.05, 4.69) is 31.1 Å². The lowest BCUT2D eigenvalue weighted by Crippen LogP contribution is -2.39. The van der Waals surface area contributed by atoms with Crippen LogP contribution in [0.2, 0.25) is 0 Å². The summed E-state index contributed by atoms with van der Waals surface area (Å²) in [5, 5.41) is 2.97. The number of hydrogen-bond acceptors (Lipinski definition) is 3.